The average molecular weight is 310 g/mol. The SMILES string of the molecule is Cc1nnc(-c2cc(NC=C(C#N)c3nn[nH]n3)ccc2O)o1. The number of rotatable bonds is 4. The number of nitrogens with one attached hydrogen (secondary N) is 2. The Morgan fingerprint density at radius 3 is 2.91 bits per heavy atom. The molecule has 0 fully saturated rings. The standard InChI is InChI=1S/C13H10N8O2/c1-7-16-19-13(23-7)10-4-9(2-3-11(10)22)15-6-8(5-14)12-17-20-21-18-12/h2-4,6,15,22H,1H3,(H,17,18,20,21). The number of H-pyrrole nitrogens is 1. The summed E-state index contributed by atoms with van der Waals surface area (Å²) in [5.41, 5.74) is 1.17. The number of phenolic OH excluding ortho intramolecular Hbond substituents is 1. The van der Waals surface area contributed by atoms with Gasteiger partial charge in [-0.2, -0.15) is 10.5 Å². The van der Waals surface area contributed by atoms with Crippen LogP contribution in [0.2, 0.25) is 0 Å². The molecular weight excluding hydrogens is 300 g/mol. The molecule has 10 heteroatoms. The van der Waals surface area contributed by atoms with Crippen molar-refractivity contribution in [1.29, 1.82) is 5.26 Å². The number of hydrogen-bond donors (Lipinski definition) is 3. The minimum Gasteiger partial charge on any atom is -0.507 e. The lowest BCUT2D eigenvalue weighted by Crippen LogP contribution is -1.93. The molecule has 0 unspecified atom stereocenters. The predicted molar refractivity (Wildman–Crippen MR) is 77.5 cm³/mol. The van der Waals surface area contributed by atoms with Crippen molar-refractivity contribution in [2.75, 3.05) is 5.32 Å². The molecule has 0 aliphatic carbocycles. The molecule has 2 aromatic heterocycles. The molecule has 0 saturated heterocycles. The minimum absolute atomic E-state index is 0.00172. The summed E-state index contributed by atoms with van der Waals surface area (Å²) in [6, 6.07) is 6.68. The molecule has 0 atom stereocenters. The lowest BCUT2D eigenvalue weighted by molar-refractivity contribution is 0.471. The normalized spacial score (nSPS) is 11.2. The van der Waals surface area contributed by atoms with Gasteiger partial charge >= 0.3 is 0 Å². The van der Waals surface area contributed by atoms with Crippen molar-refractivity contribution in [3.05, 3.63) is 36.1 Å². The van der Waals surface area contributed by atoms with Crippen LogP contribution < -0.4 is 5.32 Å². The number of benzene rings is 1. The van der Waals surface area contributed by atoms with Gasteiger partial charge in [-0.05, 0) is 23.4 Å². The van der Waals surface area contributed by atoms with Gasteiger partial charge in [0.15, 0.2) is 0 Å². The molecule has 3 aromatic rings. The van der Waals surface area contributed by atoms with Gasteiger partial charge in [-0.1, -0.05) is 0 Å². The third kappa shape index (κ3) is 2.98. The minimum atomic E-state index is 0.00172. The number of allylic oxidation sites excluding steroid dienone is 1. The number of nitrogens with zero attached hydrogens (tertiary/aromatic N) is 6. The summed E-state index contributed by atoms with van der Waals surface area (Å²) in [6.45, 7) is 1.66. The number of aromatic nitrogens is 6. The number of aromatic hydroxyl groups is 1. The Labute approximate surface area is 129 Å². The van der Waals surface area contributed by atoms with E-state index in [1.807, 2.05) is 6.07 Å². The Morgan fingerprint density at radius 2 is 2.26 bits per heavy atom. The third-order valence-electron chi connectivity index (χ3n) is 2.84. The van der Waals surface area contributed by atoms with Gasteiger partial charge in [0.2, 0.25) is 11.7 Å². The van der Waals surface area contributed by atoms with Gasteiger partial charge in [0.1, 0.15) is 17.4 Å². The van der Waals surface area contributed by atoms with Gasteiger partial charge in [0, 0.05) is 18.8 Å². The first-order valence-corrected chi connectivity index (χ1v) is 6.41. The maximum absolute atomic E-state index is 9.92. The van der Waals surface area contributed by atoms with E-state index in [9.17, 15) is 5.11 Å². The van der Waals surface area contributed by atoms with Gasteiger partial charge in [-0.25, -0.2) is 0 Å². The maximum Gasteiger partial charge on any atom is 0.251 e. The van der Waals surface area contributed by atoms with Crippen LogP contribution in [0.4, 0.5) is 5.69 Å². The molecule has 0 bridgehead atoms. The molecule has 0 saturated carbocycles. The zero-order valence-corrected chi connectivity index (χ0v) is 11.8. The fourth-order valence-corrected chi connectivity index (χ4v) is 1.78. The maximum atomic E-state index is 9.92. The van der Waals surface area contributed by atoms with Gasteiger partial charge in [-0.3, -0.25) is 0 Å². The quantitative estimate of drug-likeness (QED) is 0.477. The number of aryl methyl sites for hydroxylation is 1. The fourth-order valence-electron chi connectivity index (χ4n) is 1.78. The molecule has 10 nitrogen and oxygen atoms in total. The molecule has 0 amide bonds. The molecule has 1 aromatic carbocycles. The lowest BCUT2D eigenvalue weighted by atomic mass is 10.1. The second kappa shape index (κ2) is 5.94. The highest BCUT2D eigenvalue weighted by molar-refractivity contribution is 5.75. The van der Waals surface area contributed by atoms with Gasteiger partial charge in [0.05, 0.1) is 5.56 Å². The Kier molecular flexibility index (Phi) is 3.67. The summed E-state index contributed by atoms with van der Waals surface area (Å²) in [6.07, 6.45) is 1.43. The molecular formula is C13H10N8O2. The molecule has 3 rings (SSSR count). The highest BCUT2D eigenvalue weighted by atomic mass is 16.4. The van der Waals surface area contributed by atoms with E-state index in [0.29, 0.717) is 17.1 Å². The second-order valence-electron chi connectivity index (χ2n) is 4.41. The van der Waals surface area contributed by atoms with E-state index >= 15 is 0 Å². The zero-order valence-electron chi connectivity index (χ0n) is 11.8. The molecule has 0 aliphatic rings. The van der Waals surface area contributed by atoms with Crippen molar-refractivity contribution in [3.63, 3.8) is 0 Å². The van der Waals surface area contributed by atoms with Crippen LogP contribution in [0, 0.1) is 18.3 Å². The Hall–Kier alpha value is -3.74. The number of phenols is 1. The van der Waals surface area contributed by atoms with E-state index in [-0.39, 0.29) is 23.0 Å². The number of hydrogen-bond acceptors (Lipinski definition) is 9. The molecule has 2 heterocycles. The molecule has 23 heavy (non-hydrogen) atoms. The third-order valence-corrected chi connectivity index (χ3v) is 2.84. The van der Waals surface area contributed by atoms with E-state index in [1.165, 1.54) is 12.3 Å². The molecule has 0 aliphatic heterocycles. The molecule has 114 valence electrons. The van der Waals surface area contributed by atoms with E-state index in [2.05, 4.69) is 36.1 Å². The predicted octanol–water partition coefficient (Wildman–Crippen LogP) is 1.24. The van der Waals surface area contributed by atoms with Crippen LogP contribution in [0.25, 0.3) is 17.0 Å². The van der Waals surface area contributed by atoms with Crippen molar-refractivity contribution < 1.29 is 9.52 Å². The summed E-state index contributed by atoms with van der Waals surface area (Å²) in [7, 11) is 0. The first kappa shape index (κ1) is 14.2. The molecule has 0 spiro atoms. The number of anilines is 1. The summed E-state index contributed by atoms with van der Waals surface area (Å²) in [4.78, 5) is 0. The van der Waals surface area contributed by atoms with Gasteiger partial charge < -0.3 is 14.8 Å². The van der Waals surface area contributed by atoms with E-state index in [0.717, 1.165) is 0 Å². The lowest BCUT2D eigenvalue weighted by Gasteiger charge is -2.05. The number of nitriles is 1. The average Bonchev–Trinajstić information content (AvgIpc) is 3.21. The topological polar surface area (TPSA) is 149 Å². The van der Waals surface area contributed by atoms with E-state index in [1.54, 1.807) is 19.1 Å². The van der Waals surface area contributed by atoms with E-state index < -0.39 is 0 Å². The van der Waals surface area contributed by atoms with Crippen molar-refractivity contribution in [2.24, 2.45) is 0 Å². The highest BCUT2D eigenvalue weighted by Gasteiger charge is 2.12. The molecule has 3 N–H and O–H groups in total. The Balaban J connectivity index is 1.88. The van der Waals surface area contributed by atoms with Crippen LogP contribution in [-0.2, 0) is 0 Å². The summed E-state index contributed by atoms with van der Waals surface area (Å²) < 4.78 is 5.30. The van der Waals surface area contributed by atoms with E-state index in [4.69, 9.17) is 9.68 Å². The van der Waals surface area contributed by atoms with Crippen LogP contribution in [0.3, 0.4) is 0 Å². The second-order valence-corrected chi connectivity index (χ2v) is 4.41. The zero-order chi connectivity index (χ0) is 16.2. The summed E-state index contributed by atoms with van der Waals surface area (Å²) in [5.74, 6) is 0.765. The smallest absolute Gasteiger partial charge is 0.251 e. The van der Waals surface area contributed by atoms with Crippen LogP contribution in [-0.4, -0.2) is 35.9 Å². The first-order chi connectivity index (χ1) is 11.2. The number of tetrazole rings is 1. The van der Waals surface area contributed by atoms with Gasteiger partial charge in [0.25, 0.3) is 5.89 Å². The van der Waals surface area contributed by atoms with Crippen LogP contribution in [0.15, 0.2) is 28.8 Å². The first-order valence-electron chi connectivity index (χ1n) is 6.41. The van der Waals surface area contributed by atoms with Crippen LogP contribution in [0.5, 0.6) is 5.75 Å². The van der Waals surface area contributed by atoms with Crippen LogP contribution >= 0.6 is 0 Å². The van der Waals surface area contributed by atoms with Crippen molar-refractivity contribution >= 4 is 11.3 Å². The van der Waals surface area contributed by atoms with Crippen molar-refractivity contribution in [3.8, 4) is 23.3 Å². The van der Waals surface area contributed by atoms with Crippen LogP contribution in [0.1, 0.15) is 11.7 Å². The Bertz CT molecular complexity index is 891. The largest absolute Gasteiger partial charge is 0.507 e. The fraction of sp³-hybridized carbons (Fsp3) is 0.0769. The van der Waals surface area contributed by atoms with Crippen molar-refractivity contribution in [2.45, 2.75) is 6.92 Å². The Morgan fingerprint density at radius 1 is 1.39 bits per heavy atom. The summed E-state index contributed by atoms with van der Waals surface area (Å²) >= 11 is 0. The monoisotopic (exact) mass is 310 g/mol. The summed E-state index contributed by atoms with van der Waals surface area (Å²) in [5, 5.41) is 42.7. The van der Waals surface area contributed by atoms with Gasteiger partial charge in [-0.15, -0.1) is 20.4 Å². The molecule has 0 radical (unpaired) electrons. The van der Waals surface area contributed by atoms with Crippen molar-refractivity contribution in [1.82, 2.24) is 30.8 Å². The number of aromatic amines is 1. The highest BCUT2D eigenvalue weighted by Crippen LogP contribution is 2.30.